The quantitative estimate of drug-likeness (QED) is 0.0578. The number of hydrogen-bond acceptors (Lipinski definition) is 8. The molecule has 0 aromatic carbocycles. The van der Waals surface area contributed by atoms with Crippen molar-refractivity contribution in [1.82, 2.24) is 0 Å². The molecule has 4 rings (SSSR count). The number of aliphatic hydroxyl groups is 2. The molecule has 52 heavy (non-hydrogen) atoms. The summed E-state index contributed by atoms with van der Waals surface area (Å²) in [5.74, 6) is -0.245. The SMILES string of the molecule is C[C@H]1C=C(CCCCCCCCCCCC[C@@H](O)[C@H]2CC[C@H]([C@H]3CC[C@H]([C@H](O)CCCCCCCCCCCCC4=C[C@H](C)OC4=O)O3)O2)C(=O)O1. The summed E-state index contributed by atoms with van der Waals surface area (Å²) in [5, 5.41) is 21.6. The van der Waals surface area contributed by atoms with E-state index >= 15 is 0 Å². The molecule has 8 atom stereocenters. The van der Waals surface area contributed by atoms with Crippen LogP contribution in [-0.4, -0.2) is 71.0 Å². The zero-order valence-electron chi connectivity index (χ0n) is 32.9. The van der Waals surface area contributed by atoms with Crippen LogP contribution in [0.2, 0.25) is 0 Å². The van der Waals surface area contributed by atoms with Crippen molar-refractivity contribution < 1.29 is 38.7 Å². The lowest BCUT2D eigenvalue weighted by atomic mass is 10.00. The summed E-state index contributed by atoms with van der Waals surface area (Å²) in [4.78, 5) is 23.3. The lowest BCUT2D eigenvalue weighted by molar-refractivity contribution is -0.140. The molecule has 0 aromatic rings. The van der Waals surface area contributed by atoms with Crippen molar-refractivity contribution in [1.29, 1.82) is 0 Å². The molecule has 0 amide bonds. The van der Waals surface area contributed by atoms with Gasteiger partial charge in [-0.25, -0.2) is 9.59 Å². The second-order valence-corrected chi connectivity index (χ2v) is 16.5. The molecule has 298 valence electrons. The molecule has 4 heterocycles. The second-order valence-electron chi connectivity index (χ2n) is 16.5. The van der Waals surface area contributed by atoms with Gasteiger partial charge in [0, 0.05) is 11.1 Å². The number of carbonyl (C=O) groups excluding carboxylic acids is 2. The summed E-state index contributed by atoms with van der Waals surface area (Å²) < 4.78 is 23.0. The van der Waals surface area contributed by atoms with Gasteiger partial charge in [0.1, 0.15) is 12.2 Å². The average molecular weight is 731 g/mol. The molecule has 0 radical (unpaired) electrons. The highest BCUT2D eigenvalue weighted by atomic mass is 16.6. The van der Waals surface area contributed by atoms with Gasteiger partial charge < -0.3 is 29.2 Å². The zero-order chi connectivity index (χ0) is 37.0. The lowest BCUT2D eigenvalue weighted by Crippen LogP contribution is -2.33. The van der Waals surface area contributed by atoms with Gasteiger partial charge in [0.05, 0.1) is 36.6 Å². The Labute approximate surface area is 315 Å². The first kappa shape index (κ1) is 43.0. The Hall–Kier alpha value is -1.74. The van der Waals surface area contributed by atoms with E-state index in [4.69, 9.17) is 18.9 Å². The first-order valence-corrected chi connectivity index (χ1v) is 21.8. The number of esters is 2. The van der Waals surface area contributed by atoms with Gasteiger partial charge in [-0.15, -0.1) is 0 Å². The monoisotopic (exact) mass is 731 g/mol. The van der Waals surface area contributed by atoms with Crippen molar-refractivity contribution in [2.24, 2.45) is 0 Å². The highest BCUT2D eigenvalue weighted by Gasteiger charge is 2.40. The van der Waals surface area contributed by atoms with Crippen molar-refractivity contribution in [3.63, 3.8) is 0 Å². The van der Waals surface area contributed by atoms with Gasteiger partial charge in [0.25, 0.3) is 0 Å². The third kappa shape index (κ3) is 15.9. The zero-order valence-corrected chi connectivity index (χ0v) is 32.9. The van der Waals surface area contributed by atoms with Crippen LogP contribution >= 0.6 is 0 Å². The van der Waals surface area contributed by atoms with Crippen LogP contribution in [0.25, 0.3) is 0 Å². The average Bonchev–Trinajstić information content (AvgIpc) is 3.93. The van der Waals surface area contributed by atoms with Crippen LogP contribution in [0.1, 0.15) is 194 Å². The third-order valence-electron chi connectivity index (χ3n) is 11.8. The van der Waals surface area contributed by atoms with Gasteiger partial charge in [-0.2, -0.15) is 0 Å². The predicted molar refractivity (Wildman–Crippen MR) is 206 cm³/mol. The van der Waals surface area contributed by atoms with E-state index in [0.717, 1.165) is 88.2 Å². The molecular formula is C44H74O8. The molecule has 8 heteroatoms. The van der Waals surface area contributed by atoms with Crippen LogP contribution < -0.4 is 0 Å². The van der Waals surface area contributed by atoms with Crippen LogP contribution in [0.15, 0.2) is 23.3 Å². The molecule has 0 bridgehead atoms. The van der Waals surface area contributed by atoms with Crippen LogP contribution in [0.3, 0.4) is 0 Å². The number of carbonyl (C=O) groups is 2. The number of aliphatic hydroxyl groups excluding tert-OH is 2. The lowest BCUT2D eigenvalue weighted by Gasteiger charge is -2.24. The molecule has 0 aliphatic carbocycles. The minimum atomic E-state index is -0.393. The van der Waals surface area contributed by atoms with Crippen LogP contribution in [0.4, 0.5) is 0 Å². The Balaban J connectivity index is 0.899. The molecule has 2 fully saturated rings. The maximum absolute atomic E-state index is 11.7. The molecule has 0 spiro atoms. The second kappa shape index (κ2) is 24.6. The minimum absolute atomic E-state index is 0.0455. The summed E-state index contributed by atoms with van der Waals surface area (Å²) in [6.07, 6.45) is 34.1. The summed E-state index contributed by atoms with van der Waals surface area (Å²) in [6, 6.07) is 0. The van der Waals surface area contributed by atoms with Crippen molar-refractivity contribution >= 4 is 11.9 Å². The standard InChI is InChI=1S/C44H74O8/c1-33-31-35(43(47)49-33)23-19-15-11-7-3-5-9-13-17-21-25-37(45)39-27-29-41(51-39)42-30-28-40(52-42)38(46)26-22-18-14-10-6-4-8-12-16-20-24-36-32-34(2)50-44(36)48/h31-34,37-42,45-46H,3-30H2,1-2H3/t33-,34-,37+,38+,39+,40+,41+,42+/m0/s1. The Morgan fingerprint density at radius 1 is 0.500 bits per heavy atom. The molecule has 8 nitrogen and oxygen atoms in total. The summed E-state index contributed by atoms with van der Waals surface area (Å²) >= 11 is 0. The first-order valence-electron chi connectivity index (χ1n) is 21.8. The number of hydrogen-bond donors (Lipinski definition) is 2. The Morgan fingerprint density at radius 2 is 0.808 bits per heavy atom. The van der Waals surface area contributed by atoms with Gasteiger partial charge >= 0.3 is 11.9 Å². The topological polar surface area (TPSA) is 112 Å². The fourth-order valence-electron chi connectivity index (χ4n) is 8.66. The van der Waals surface area contributed by atoms with E-state index in [1.165, 1.54) is 103 Å². The smallest absolute Gasteiger partial charge is 0.334 e. The molecule has 2 N–H and O–H groups in total. The van der Waals surface area contributed by atoms with E-state index in [1.807, 2.05) is 26.0 Å². The van der Waals surface area contributed by atoms with Gasteiger partial charge in [0.2, 0.25) is 0 Å². The van der Waals surface area contributed by atoms with Crippen LogP contribution in [0, 0.1) is 0 Å². The van der Waals surface area contributed by atoms with Gasteiger partial charge in [-0.1, -0.05) is 116 Å². The number of unbranched alkanes of at least 4 members (excludes halogenated alkanes) is 18. The highest BCUT2D eigenvalue weighted by Crippen LogP contribution is 2.35. The van der Waals surface area contributed by atoms with Gasteiger partial charge in [-0.05, 0) is 90.2 Å². The molecule has 0 aromatic heterocycles. The number of ether oxygens (including phenoxy) is 4. The van der Waals surface area contributed by atoms with E-state index in [1.54, 1.807) is 0 Å². The highest BCUT2D eigenvalue weighted by molar-refractivity contribution is 5.91. The molecular weight excluding hydrogens is 656 g/mol. The van der Waals surface area contributed by atoms with Crippen molar-refractivity contribution in [3.05, 3.63) is 23.3 Å². The fourth-order valence-corrected chi connectivity index (χ4v) is 8.66. The molecule has 4 aliphatic heterocycles. The molecule has 0 unspecified atom stereocenters. The fraction of sp³-hybridized carbons (Fsp3) is 0.864. The normalized spacial score (nSPS) is 27.2. The van der Waals surface area contributed by atoms with E-state index in [2.05, 4.69) is 0 Å². The molecule has 2 saturated heterocycles. The predicted octanol–water partition coefficient (Wildman–Crippen LogP) is 9.91. The maximum atomic E-state index is 11.7. The van der Waals surface area contributed by atoms with Crippen molar-refractivity contribution in [3.8, 4) is 0 Å². The van der Waals surface area contributed by atoms with Gasteiger partial charge in [0.15, 0.2) is 0 Å². The van der Waals surface area contributed by atoms with Gasteiger partial charge in [-0.3, -0.25) is 0 Å². The third-order valence-corrected chi connectivity index (χ3v) is 11.8. The summed E-state index contributed by atoms with van der Waals surface area (Å²) in [7, 11) is 0. The Bertz CT molecular complexity index is 1000. The summed E-state index contributed by atoms with van der Waals surface area (Å²) in [5.41, 5.74) is 1.73. The summed E-state index contributed by atoms with van der Waals surface area (Å²) in [6.45, 7) is 3.83. The minimum Gasteiger partial charge on any atom is -0.455 e. The molecule has 0 saturated carbocycles. The number of cyclic esters (lactones) is 2. The largest absolute Gasteiger partial charge is 0.455 e. The van der Waals surface area contributed by atoms with E-state index < -0.39 is 12.2 Å². The van der Waals surface area contributed by atoms with E-state index in [0.29, 0.717) is 0 Å². The van der Waals surface area contributed by atoms with Crippen LogP contribution in [0.5, 0.6) is 0 Å². The maximum Gasteiger partial charge on any atom is 0.334 e. The van der Waals surface area contributed by atoms with Crippen molar-refractivity contribution in [2.45, 2.75) is 242 Å². The Kier molecular flexibility index (Phi) is 20.4. The van der Waals surface area contributed by atoms with Crippen molar-refractivity contribution in [2.75, 3.05) is 0 Å². The van der Waals surface area contributed by atoms with E-state index in [9.17, 15) is 19.8 Å². The Morgan fingerprint density at radius 3 is 1.12 bits per heavy atom. The van der Waals surface area contributed by atoms with Crippen LogP contribution in [-0.2, 0) is 28.5 Å². The molecule has 4 aliphatic rings. The first-order chi connectivity index (χ1) is 25.3. The van der Waals surface area contributed by atoms with E-state index in [-0.39, 0.29) is 48.6 Å². The number of rotatable bonds is 29.